The smallest absolute Gasteiger partial charge is 0.241 e. The van der Waals surface area contributed by atoms with E-state index in [1.807, 2.05) is 43.5 Å². The van der Waals surface area contributed by atoms with Crippen LogP contribution in [-0.4, -0.2) is 64.8 Å². The fourth-order valence-corrected chi connectivity index (χ4v) is 2.77. The summed E-state index contributed by atoms with van der Waals surface area (Å²) in [5.41, 5.74) is 1.73. The van der Waals surface area contributed by atoms with Gasteiger partial charge in [-0.2, -0.15) is 5.10 Å². The largest absolute Gasteiger partial charge is 0.325 e. The molecule has 1 atom stereocenters. The molecule has 1 N–H and O–H groups in total. The maximum Gasteiger partial charge on any atom is 0.241 e. The summed E-state index contributed by atoms with van der Waals surface area (Å²) in [5.74, 6) is 0.0344. The molecule has 0 unspecified atom stereocenters. The lowest BCUT2D eigenvalue weighted by molar-refractivity contribution is -0.121. The first-order valence-corrected chi connectivity index (χ1v) is 7.97. The van der Waals surface area contributed by atoms with Crippen molar-refractivity contribution in [3.63, 3.8) is 0 Å². The monoisotopic (exact) mass is 313 g/mol. The molecule has 1 aliphatic heterocycles. The highest BCUT2D eigenvalue weighted by Gasteiger charge is 2.24. The van der Waals surface area contributed by atoms with Gasteiger partial charge in [0.1, 0.15) is 0 Å². The van der Waals surface area contributed by atoms with Crippen molar-refractivity contribution in [3.05, 3.63) is 42.7 Å². The molecule has 6 nitrogen and oxygen atoms in total. The molecule has 2 aromatic rings. The SMILES string of the molecule is C[C@@H](C(=O)Nc1cccc(-n2cccn2)c1)N1CCN(C)CC1. The lowest BCUT2D eigenvalue weighted by Gasteiger charge is -2.35. The highest BCUT2D eigenvalue weighted by Crippen LogP contribution is 2.15. The number of nitrogens with zero attached hydrogens (tertiary/aromatic N) is 4. The van der Waals surface area contributed by atoms with Crippen molar-refractivity contribution < 1.29 is 4.79 Å². The quantitative estimate of drug-likeness (QED) is 0.928. The zero-order valence-corrected chi connectivity index (χ0v) is 13.6. The molecule has 6 heteroatoms. The summed E-state index contributed by atoms with van der Waals surface area (Å²) in [6.07, 6.45) is 3.62. The van der Waals surface area contributed by atoms with Crippen LogP contribution >= 0.6 is 0 Å². The van der Waals surface area contributed by atoms with Crippen LogP contribution in [0.1, 0.15) is 6.92 Å². The molecule has 0 aliphatic carbocycles. The van der Waals surface area contributed by atoms with Crippen molar-refractivity contribution in [1.29, 1.82) is 0 Å². The van der Waals surface area contributed by atoms with E-state index in [-0.39, 0.29) is 11.9 Å². The van der Waals surface area contributed by atoms with Crippen molar-refractivity contribution in [1.82, 2.24) is 19.6 Å². The summed E-state index contributed by atoms with van der Waals surface area (Å²) < 4.78 is 1.78. The Morgan fingerprint density at radius 1 is 1.22 bits per heavy atom. The van der Waals surface area contributed by atoms with Crippen LogP contribution in [0, 0.1) is 0 Å². The molecule has 3 rings (SSSR count). The molecule has 1 aliphatic rings. The van der Waals surface area contributed by atoms with Gasteiger partial charge in [-0.3, -0.25) is 9.69 Å². The summed E-state index contributed by atoms with van der Waals surface area (Å²) in [7, 11) is 2.11. The van der Waals surface area contributed by atoms with Gasteiger partial charge in [-0.1, -0.05) is 6.07 Å². The van der Waals surface area contributed by atoms with E-state index >= 15 is 0 Å². The second kappa shape index (κ2) is 6.93. The summed E-state index contributed by atoms with van der Waals surface area (Å²) in [6.45, 7) is 5.84. The minimum absolute atomic E-state index is 0.0344. The predicted octanol–water partition coefficient (Wildman–Crippen LogP) is 1.45. The maximum atomic E-state index is 12.5. The van der Waals surface area contributed by atoms with Crippen LogP contribution in [0.3, 0.4) is 0 Å². The number of hydrogen-bond donors (Lipinski definition) is 1. The third-order valence-corrected chi connectivity index (χ3v) is 4.35. The Morgan fingerprint density at radius 2 is 2.00 bits per heavy atom. The van der Waals surface area contributed by atoms with Crippen molar-refractivity contribution in [2.75, 3.05) is 38.5 Å². The van der Waals surface area contributed by atoms with Gasteiger partial charge < -0.3 is 10.2 Å². The number of aromatic nitrogens is 2. The molecule has 0 radical (unpaired) electrons. The number of nitrogens with one attached hydrogen (secondary N) is 1. The second-order valence-corrected chi connectivity index (χ2v) is 6.01. The third kappa shape index (κ3) is 3.78. The van der Waals surface area contributed by atoms with Gasteiger partial charge in [0, 0.05) is 44.3 Å². The van der Waals surface area contributed by atoms with Gasteiger partial charge >= 0.3 is 0 Å². The zero-order chi connectivity index (χ0) is 16.2. The third-order valence-electron chi connectivity index (χ3n) is 4.35. The molecular weight excluding hydrogens is 290 g/mol. The highest BCUT2D eigenvalue weighted by molar-refractivity contribution is 5.94. The van der Waals surface area contributed by atoms with E-state index in [4.69, 9.17) is 0 Å². The minimum Gasteiger partial charge on any atom is -0.325 e. The van der Waals surface area contributed by atoms with E-state index in [1.165, 1.54) is 0 Å². The number of anilines is 1. The molecular formula is C17H23N5O. The van der Waals surface area contributed by atoms with E-state index in [0.717, 1.165) is 37.6 Å². The number of amides is 1. The van der Waals surface area contributed by atoms with Gasteiger partial charge in [0.05, 0.1) is 11.7 Å². The average Bonchev–Trinajstić information content (AvgIpc) is 3.10. The number of benzene rings is 1. The lowest BCUT2D eigenvalue weighted by atomic mass is 10.2. The zero-order valence-electron chi connectivity index (χ0n) is 13.6. The number of piperazine rings is 1. The van der Waals surface area contributed by atoms with Gasteiger partial charge in [0.15, 0.2) is 0 Å². The molecule has 23 heavy (non-hydrogen) atoms. The van der Waals surface area contributed by atoms with Crippen LogP contribution in [0.15, 0.2) is 42.7 Å². The molecule has 1 aromatic carbocycles. The van der Waals surface area contributed by atoms with Gasteiger partial charge in [-0.25, -0.2) is 4.68 Å². The number of rotatable bonds is 4. The lowest BCUT2D eigenvalue weighted by Crippen LogP contribution is -2.51. The van der Waals surface area contributed by atoms with Crippen LogP contribution < -0.4 is 5.32 Å². The second-order valence-electron chi connectivity index (χ2n) is 6.01. The molecule has 1 amide bonds. The highest BCUT2D eigenvalue weighted by atomic mass is 16.2. The topological polar surface area (TPSA) is 53.4 Å². The van der Waals surface area contributed by atoms with Gasteiger partial charge in [-0.05, 0) is 38.2 Å². The molecule has 122 valence electrons. The number of carbonyl (C=O) groups is 1. The Balaban J connectivity index is 1.64. The summed E-state index contributed by atoms with van der Waals surface area (Å²) in [6, 6.07) is 9.47. The van der Waals surface area contributed by atoms with E-state index in [0.29, 0.717) is 0 Å². The Bertz CT molecular complexity index is 647. The summed E-state index contributed by atoms with van der Waals surface area (Å²) >= 11 is 0. The molecule has 0 saturated carbocycles. The molecule has 1 saturated heterocycles. The number of hydrogen-bond acceptors (Lipinski definition) is 4. The minimum atomic E-state index is -0.128. The number of carbonyl (C=O) groups excluding carboxylic acids is 1. The molecule has 0 bridgehead atoms. The first-order chi connectivity index (χ1) is 11.1. The first-order valence-electron chi connectivity index (χ1n) is 7.97. The standard InChI is InChI=1S/C17H23N5O/c1-14(21-11-9-20(2)10-12-21)17(23)19-15-5-3-6-16(13-15)22-8-4-7-18-22/h3-8,13-14H,9-12H2,1-2H3,(H,19,23)/t14-/m0/s1. The van der Waals surface area contributed by atoms with Gasteiger partial charge in [0.2, 0.25) is 5.91 Å². The Labute approximate surface area is 136 Å². The Kier molecular flexibility index (Phi) is 4.73. The number of likely N-dealkylation sites (N-methyl/N-ethyl adjacent to an activating group) is 1. The first kappa shape index (κ1) is 15.7. The van der Waals surface area contributed by atoms with E-state index in [9.17, 15) is 4.79 Å². The summed E-state index contributed by atoms with van der Waals surface area (Å²) in [5, 5.41) is 7.23. The molecule has 1 aromatic heterocycles. The normalized spacial score (nSPS) is 17.8. The molecule has 2 heterocycles. The van der Waals surface area contributed by atoms with E-state index in [1.54, 1.807) is 10.9 Å². The Hall–Kier alpha value is -2.18. The van der Waals surface area contributed by atoms with Gasteiger partial charge in [0.25, 0.3) is 0 Å². The van der Waals surface area contributed by atoms with Crippen LogP contribution in [-0.2, 0) is 4.79 Å². The van der Waals surface area contributed by atoms with Crippen LogP contribution in [0.4, 0.5) is 5.69 Å². The summed E-state index contributed by atoms with van der Waals surface area (Å²) in [4.78, 5) is 17.0. The van der Waals surface area contributed by atoms with Crippen LogP contribution in [0.25, 0.3) is 5.69 Å². The fraction of sp³-hybridized carbons (Fsp3) is 0.412. The van der Waals surface area contributed by atoms with Crippen molar-refractivity contribution in [2.45, 2.75) is 13.0 Å². The Morgan fingerprint density at radius 3 is 2.70 bits per heavy atom. The van der Waals surface area contributed by atoms with Crippen LogP contribution in [0.5, 0.6) is 0 Å². The van der Waals surface area contributed by atoms with Crippen molar-refractivity contribution in [3.8, 4) is 5.69 Å². The van der Waals surface area contributed by atoms with E-state index < -0.39 is 0 Å². The van der Waals surface area contributed by atoms with E-state index in [2.05, 4.69) is 27.3 Å². The predicted molar refractivity (Wildman–Crippen MR) is 90.7 cm³/mol. The van der Waals surface area contributed by atoms with Crippen molar-refractivity contribution in [2.24, 2.45) is 0 Å². The fourth-order valence-electron chi connectivity index (χ4n) is 2.77. The maximum absolute atomic E-state index is 12.5. The molecule has 1 fully saturated rings. The van der Waals surface area contributed by atoms with Gasteiger partial charge in [-0.15, -0.1) is 0 Å². The average molecular weight is 313 g/mol. The van der Waals surface area contributed by atoms with Crippen LogP contribution in [0.2, 0.25) is 0 Å². The molecule has 0 spiro atoms. The van der Waals surface area contributed by atoms with Crippen molar-refractivity contribution >= 4 is 11.6 Å².